The van der Waals surface area contributed by atoms with Crippen molar-refractivity contribution in [2.45, 2.75) is 37.6 Å². The van der Waals surface area contributed by atoms with Crippen LogP contribution in [0.25, 0.3) is 10.8 Å². The van der Waals surface area contributed by atoms with Crippen LogP contribution in [-0.4, -0.2) is 33.1 Å². The number of aryl methyl sites for hydroxylation is 1. The summed E-state index contributed by atoms with van der Waals surface area (Å²) in [6.45, 7) is 6.55. The lowest BCUT2D eigenvalue weighted by Gasteiger charge is -2.30. The number of hydrogen-bond acceptors (Lipinski definition) is 3. The lowest BCUT2D eigenvalue weighted by atomic mass is 9.93. The van der Waals surface area contributed by atoms with Gasteiger partial charge in [-0.2, -0.15) is 0 Å². The zero-order chi connectivity index (χ0) is 20.7. The van der Waals surface area contributed by atoms with Gasteiger partial charge in [0.25, 0.3) is 0 Å². The van der Waals surface area contributed by atoms with Gasteiger partial charge < -0.3 is 4.55 Å². The maximum absolute atomic E-state index is 10.4. The van der Waals surface area contributed by atoms with Crippen molar-refractivity contribution >= 4 is 26.6 Å². The molecule has 0 radical (unpaired) electrons. The van der Waals surface area contributed by atoms with Crippen molar-refractivity contribution in [3.05, 3.63) is 71.8 Å². The molecular formula is C23H27NO3S. The lowest BCUT2D eigenvalue weighted by Crippen LogP contribution is -2.46. The van der Waals surface area contributed by atoms with Crippen LogP contribution in [0.5, 0.6) is 0 Å². The van der Waals surface area contributed by atoms with Gasteiger partial charge in [-0.1, -0.05) is 48.9 Å². The van der Waals surface area contributed by atoms with Crippen molar-refractivity contribution in [1.29, 1.82) is 0 Å². The minimum atomic E-state index is -4.27. The van der Waals surface area contributed by atoms with Gasteiger partial charge in [-0.3, -0.25) is 4.48 Å². The second-order valence-electron chi connectivity index (χ2n) is 8.06. The first-order valence-corrected chi connectivity index (χ1v) is 10.8. The summed E-state index contributed by atoms with van der Waals surface area (Å²) in [4.78, 5) is -0.178. The van der Waals surface area contributed by atoms with Crippen molar-refractivity contribution in [2.24, 2.45) is 0 Å². The Kier molecular flexibility index (Phi) is 5.36. The summed E-state index contributed by atoms with van der Waals surface area (Å²) in [5, 5.41) is 2.81. The van der Waals surface area contributed by atoms with Crippen LogP contribution in [0, 0.1) is 6.92 Å². The highest BCUT2D eigenvalue weighted by molar-refractivity contribution is 7.85. The Bertz CT molecular complexity index is 1100. The molecule has 0 saturated heterocycles. The first-order chi connectivity index (χ1) is 13.0. The summed E-state index contributed by atoms with van der Waals surface area (Å²) in [6, 6.07) is 19.8. The summed E-state index contributed by atoms with van der Waals surface area (Å²) in [6.07, 6.45) is 0. The highest BCUT2D eigenvalue weighted by Crippen LogP contribution is 2.47. The highest BCUT2D eigenvalue weighted by atomic mass is 32.2. The Hall–Kier alpha value is -2.21. The van der Waals surface area contributed by atoms with Crippen molar-refractivity contribution < 1.29 is 13.0 Å². The molecule has 0 bridgehead atoms. The van der Waals surface area contributed by atoms with Gasteiger partial charge in [-0.25, -0.2) is 8.42 Å². The average molecular weight is 398 g/mol. The van der Waals surface area contributed by atoms with Crippen molar-refractivity contribution in [2.75, 3.05) is 14.1 Å². The summed E-state index contributed by atoms with van der Waals surface area (Å²) in [5.41, 5.74) is 3.97. The van der Waals surface area contributed by atoms with Crippen molar-refractivity contribution in [1.82, 2.24) is 4.48 Å². The maximum atomic E-state index is 10.4. The normalized spacial score (nSPS) is 20.4. The fourth-order valence-corrected chi connectivity index (χ4v) is 4.46. The van der Waals surface area contributed by atoms with Crippen LogP contribution in [0.4, 0.5) is 5.69 Å². The van der Waals surface area contributed by atoms with Gasteiger partial charge in [0.05, 0.1) is 25.0 Å². The van der Waals surface area contributed by atoms with E-state index in [0.717, 1.165) is 10.0 Å². The fourth-order valence-electron chi connectivity index (χ4n) is 3.99. The molecule has 0 saturated carbocycles. The number of quaternary nitrogens is 1. The molecule has 4 nitrogen and oxygen atoms in total. The zero-order valence-electron chi connectivity index (χ0n) is 17.0. The Morgan fingerprint density at radius 3 is 2.11 bits per heavy atom. The van der Waals surface area contributed by atoms with E-state index in [9.17, 15) is 13.0 Å². The van der Waals surface area contributed by atoms with Crippen LogP contribution >= 0.6 is 0 Å². The molecule has 2 atom stereocenters. The first kappa shape index (κ1) is 20.5. The summed E-state index contributed by atoms with van der Waals surface area (Å²) in [5.74, 6) is 0.631. The summed E-state index contributed by atoms with van der Waals surface area (Å²) >= 11 is 0. The second kappa shape index (κ2) is 7.32. The van der Waals surface area contributed by atoms with Gasteiger partial charge in [0.2, 0.25) is 0 Å². The molecule has 0 N–H and O–H groups in total. The van der Waals surface area contributed by atoms with Crippen LogP contribution in [0.3, 0.4) is 0 Å². The molecule has 0 aliphatic carbocycles. The minimum absolute atomic E-state index is 0.178. The topological polar surface area (TPSA) is 57.2 Å². The standard InChI is InChI=1S/C16H20N.C7H8O3S/c1-11-12(2)17(3,4)15-10-9-13-7-5-6-8-14(13)16(11)15;1-6-2-4-7(5-3-6)11(8,9)10/h5-12H,1-4H3;2-5H,1H3,(H,8,9,10)/q+1;/p-1. The molecule has 4 rings (SSSR count). The molecule has 1 aliphatic rings. The van der Waals surface area contributed by atoms with Gasteiger partial charge >= 0.3 is 0 Å². The van der Waals surface area contributed by atoms with E-state index >= 15 is 0 Å². The molecule has 0 spiro atoms. The van der Waals surface area contributed by atoms with Gasteiger partial charge in [0.1, 0.15) is 15.8 Å². The second-order valence-corrected chi connectivity index (χ2v) is 9.44. The van der Waals surface area contributed by atoms with Crippen molar-refractivity contribution in [3.8, 4) is 0 Å². The van der Waals surface area contributed by atoms with Gasteiger partial charge in [0.15, 0.2) is 0 Å². The van der Waals surface area contributed by atoms with E-state index in [4.69, 9.17) is 0 Å². The molecule has 148 valence electrons. The molecular weight excluding hydrogens is 370 g/mol. The average Bonchev–Trinajstić information content (AvgIpc) is 2.82. The molecule has 1 heterocycles. The predicted octanol–water partition coefficient (Wildman–Crippen LogP) is 4.81. The number of likely N-dealkylation sites (N-methyl/N-ethyl adjacent to an activating group) is 1. The van der Waals surface area contributed by atoms with Crippen LogP contribution in [0.2, 0.25) is 0 Å². The third-order valence-electron chi connectivity index (χ3n) is 6.08. The summed E-state index contributed by atoms with van der Waals surface area (Å²) < 4.78 is 32.2. The summed E-state index contributed by atoms with van der Waals surface area (Å²) in [7, 11) is 0.373. The Labute approximate surface area is 167 Å². The molecule has 28 heavy (non-hydrogen) atoms. The zero-order valence-corrected chi connectivity index (χ0v) is 17.8. The Morgan fingerprint density at radius 1 is 0.893 bits per heavy atom. The molecule has 5 heteroatoms. The van der Waals surface area contributed by atoms with Gasteiger partial charge in [-0.05, 0) is 42.8 Å². The largest absolute Gasteiger partial charge is 0.744 e. The maximum Gasteiger partial charge on any atom is 0.137 e. The molecule has 0 fully saturated rings. The Balaban J connectivity index is 0.000000178. The van der Waals surface area contributed by atoms with E-state index < -0.39 is 10.1 Å². The number of benzene rings is 3. The molecule has 2 unspecified atom stereocenters. The Morgan fingerprint density at radius 2 is 1.50 bits per heavy atom. The molecule has 3 aromatic carbocycles. The highest BCUT2D eigenvalue weighted by Gasteiger charge is 2.43. The SMILES string of the molecule is CC1c2c(ccc3ccccc23)[N+](C)(C)C1C.Cc1ccc(S(=O)(=O)[O-])cc1. The lowest BCUT2D eigenvalue weighted by molar-refractivity contribution is 0.312. The van der Waals surface area contributed by atoms with E-state index in [-0.39, 0.29) is 4.90 Å². The number of rotatable bonds is 1. The van der Waals surface area contributed by atoms with Crippen LogP contribution in [-0.2, 0) is 10.1 Å². The van der Waals surface area contributed by atoms with E-state index in [0.29, 0.717) is 12.0 Å². The van der Waals surface area contributed by atoms with Crippen LogP contribution in [0.1, 0.15) is 30.9 Å². The molecule has 0 aromatic heterocycles. The van der Waals surface area contributed by atoms with E-state index in [1.54, 1.807) is 17.7 Å². The van der Waals surface area contributed by atoms with Gasteiger partial charge in [-0.15, -0.1) is 0 Å². The smallest absolute Gasteiger partial charge is 0.137 e. The monoisotopic (exact) mass is 397 g/mol. The van der Waals surface area contributed by atoms with Gasteiger partial charge in [0, 0.05) is 17.5 Å². The fraction of sp³-hybridized carbons (Fsp3) is 0.304. The third kappa shape index (κ3) is 3.70. The molecule has 3 aromatic rings. The number of hydrogen-bond donors (Lipinski definition) is 0. The first-order valence-electron chi connectivity index (χ1n) is 9.42. The predicted molar refractivity (Wildman–Crippen MR) is 115 cm³/mol. The third-order valence-corrected chi connectivity index (χ3v) is 6.92. The van der Waals surface area contributed by atoms with Crippen LogP contribution < -0.4 is 4.48 Å². The number of fused-ring (bicyclic) bond motifs is 3. The molecule has 0 amide bonds. The van der Waals surface area contributed by atoms with E-state index in [2.05, 4.69) is 64.3 Å². The van der Waals surface area contributed by atoms with E-state index in [1.165, 1.54) is 28.6 Å². The minimum Gasteiger partial charge on any atom is -0.744 e. The van der Waals surface area contributed by atoms with Crippen molar-refractivity contribution in [3.63, 3.8) is 0 Å². The van der Waals surface area contributed by atoms with E-state index in [1.807, 2.05) is 6.92 Å². The number of nitrogens with zero attached hydrogens (tertiary/aromatic N) is 1. The quantitative estimate of drug-likeness (QED) is 0.437. The molecule has 1 aliphatic heterocycles. The van der Waals surface area contributed by atoms with Crippen LogP contribution in [0.15, 0.2) is 65.6 Å².